The summed E-state index contributed by atoms with van der Waals surface area (Å²) in [4.78, 5) is 4.22. The van der Waals surface area contributed by atoms with Crippen molar-refractivity contribution in [3.63, 3.8) is 0 Å². The Morgan fingerprint density at radius 2 is 2.28 bits per heavy atom. The van der Waals surface area contributed by atoms with Crippen molar-refractivity contribution in [2.24, 2.45) is 10.7 Å². The maximum atomic E-state index is 5.88. The number of hydrogen-bond donors (Lipinski definition) is 2. The average molecular weight is 268 g/mol. The third-order valence-electron chi connectivity index (χ3n) is 2.24. The van der Waals surface area contributed by atoms with Gasteiger partial charge >= 0.3 is 0 Å². The maximum absolute atomic E-state index is 5.88. The monoisotopic (exact) mass is 267 g/mol. The average Bonchev–Trinajstić information content (AvgIpc) is 2.34. The van der Waals surface area contributed by atoms with Gasteiger partial charge in [0.15, 0.2) is 5.96 Å². The summed E-state index contributed by atoms with van der Waals surface area (Å²) in [5.74, 6) is 1.09. The number of methoxy groups -OCH3 is 1. The molecule has 0 heterocycles. The first-order valence-corrected chi connectivity index (χ1v) is 5.91. The Labute approximate surface area is 112 Å². The summed E-state index contributed by atoms with van der Waals surface area (Å²) >= 11 is 5.88. The van der Waals surface area contributed by atoms with Gasteiger partial charge in [-0.15, -0.1) is 0 Å². The number of nitrogens with one attached hydrogen (secondary N) is 1. The molecule has 0 saturated carbocycles. The van der Waals surface area contributed by atoms with E-state index in [-0.39, 0.29) is 0 Å². The molecule has 1 rings (SSSR count). The van der Waals surface area contributed by atoms with Gasteiger partial charge in [0.25, 0.3) is 0 Å². The van der Waals surface area contributed by atoms with Gasteiger partial charge in [-0.25, -0.2) is 4.99 Å². The first-order chi connectivity index (χ1) is 8.52. The van der Waals surface area contributed by atoms with Crippen molar-refractivity contribution in [1.29, 1.82) is 0 Å². The standard InChI is InChI=1S/C13H18ClN3O/c1-9(2)7-16-13(15)17-8-10-4-5-11(14)6-12(10)18-3/h4-6H,1,7-8H2,2-3H3,(H3,15,16,17). The van der Waals surface area contributed by atoms with Crippen LogP contribution in [0.1, 0.15) is 12.5 Å². The van der Waals surface area contributed by atoms with Crippen LogP contribution in [0.15, 0.2) is 35.3 Å². The highest BCUT2D eigenvalue weighted by Crippen LogP contribution is 2.23. The van der Waals surface area contributed by atoms with Gasteiger partial charge in [-0.05, 0) is 19.1 Å². The summed E-state index contributed by atoms with van der Waals surface area (Å²) in [6, 6.07) is 5.42. The molecule has 0 radical (unpaired) electrons. The molecule has 98 valence electrons. The second-order valence-corrected chi connectivity index (χ2v) is 4.40. The van der Waals surface area contributed by atoms with Crippen LogP contribution in [0.3, 0.4) is 0 Å². The van der Waals surface area contributed by atoms with Gasteiger partial charge in [0.1, 0.15) is 5.75 Å². The predicted octanol–water partition coefficient (Wildman–Crippen LogP) is 2.33. The molecule has 0 aromatic heterocycles. The molecule has 0 aliphatic heterocycles. The van der Waals surface area contributed by atoms with Crippen LogP contribution < -0.4 is 15.8 Å². The van der Waals surface area contributed by atoms with Crippen LogP contribution in [-0.4, -0.2) is 19.6 Å². The topological polar surface area (TPSA) is 59.6 Å². The lowest BCUT2D eigenvalue weighted by Gasteiger charge is -2.08. The first kappa shape index (κ1) is 14.4. The molecular weight excluding hydrogens is 250 g/mol. The van der Waals surface area contributed by atoms with Crippen LogP contribution in [0, 0.1) is 0 Å². The largest absolute Gasteiger partial charge is 0.496 e. The van der Waals surface area contributed by atoms with E-state index in [1.54, 1.807) is 19.2 Å². The number of hydrogen-bond acceptors (Lipinski definition) is 2. The fourth-order valence-corrected chi connectivity index (χ4v) is 1.48. The second kappa shape index (κ2) is 6.91. The third-order valence-corrected chi connectivity index (χ3v) is 2.48. The molecule has 1 aromatic rings. The van der Waals surface area contributed by atoms with E-state index in [9.17, 15) is 0 Å². The molecule has 0 aliphatic rings. The minimum atomic E-state index is 0.384. The van der Waals surface area contributed by atoms with Crippen LogP contribution in [0.2, 0.25) is 5.02 Å². The van der Waals surface area contributed by atoms with Gasteiger partial charge in [0.05, 0.1) is 13.7 Å². The molecule has 0 spiro atoms. The maximum Gasteiger partial charge on any atom is 0.189 e. The van der Waals surface area contributed by atoms with Gasteiger partial charge in [0, 0.05) is 17.1 Å². The van der Waals surface area contributed by atoms with E-state index in [4.69, 9.17) is 22.1 Å². The number of nitrogens with two attached hydrogens (primary N) is 1. The molecule has 0 atom stereocenters. The Balaban J connectivity index is 2.67. The molecule has 1 aromatic carbocycles. The highest BCUT2D eigenvalue weighted by Gasteiger charge is 2.03. The van der Waals surface area contributed by atoms with Gasteiger partial charge in [0.2, 0.25) is 0 Å². The summed E-state index contributed by atoms with van der Waals surface area (Å²) in [6.07, 6.45) is 0. The minimum Gasteiger partial charge on any atom is -0.496 e. The van der Waals surface area contributed by atoms with E-state index in [0.717, 1.165) is 11.1 Å². The van der Waals surface area contributed by atoms with Crippen LogP contribution in [-0.2, 0) is 6.54 Å². The second-order valence-electron chi connectivity index (χ2n) is 3.97. The van der Waals surface area contributed by atoms with Crippen molar-refractivity contribution in [2.45, 2.75) is 13.5 Å². The number of aliphatic imine (C=N–C) groups is 1. The number of halogens is 1. The van der Waals surface area contributed by atoms with E-state index in [1.807, 2.05) is 13.0 Å². The fourth-order valence-electron chi connectivity index (χ4n) is 1.32. The number of benzene rings is 1. The first-order valence-electron chi connectivity index (χ1n) is 5.53. The van der Waals surface area contributed by atoms with E-state index in [1.165, 1.54) is 0 Å². The number of rotatable bonds is 5. The summed E-state index contributed by atoms with van der Waals surface area (Å²) in [5.41, 5.74) is 7.65. The molecule has 4 nitrogen and oxygen atoms in total. The highest BCUT2D eigenvalue weighted by molar-refractivity contribution is 6.30. The van der Waals surface area contributed by atoms with Crippen LogP contribution in [0.4, 0.5) is 0 Å². The Bertz CT molecular complexity index is 458. The summed E-state index contributed by atoms with van der Waals surface area (Å²) in [6.45, 7) is 6.75. The van der Waals surface area contributed by atoms with Crippen molar-refractivity contribution < 1.29 is 4.74 Å². The number of guanidine groups is 1. The zero-order chi connectivity index (χ0) is 13.5. The van der Waals surface area contributed by atoms with Crippen molar-refractivity contribution >= 4 is 17.6 Å². The molecule has 0 amide bonds. The quantitative estimate of drug-likeness (QED) is 0.489. The lowest BCUT2D eigenvalue weighted by molar-refractivity contribution is 0.410. The third kappa shape index (κ3) is 4.67. The van der Waals surface area contributed by atoms with Crippen LogP contribution >= 0.6 is 11.6 Å². The molecule has 0 saturated heterocycles. The Hall–Kier alpha value is -1.68. The van der Waals surface area contributed by atoms with Gasteiger partial charge < -0.3 is 15.8 Å². The lowest BCUT2D eigenvalue weighted by Crippen LogP contribution is -2.32. The van der Waals surface area contributed by atoms with Crippen molar-refractivity contribution in [1.82, 2.24) is 5.32 Å². The minimum absolute atomic E-state index is 0.384. The van der Waals surface area contributed by atoms with Gasteiger partial charge in [-0.2, -0.15) is 0 Å². The smallest absolute Gasteiger partial charge is 0.189 e. The SMILES string of the molecule is C=C(C)CNC(N)=NCc1ccc(Cl)cc1OC. The Kier molecular flexibility index (Phi) is 5.52. The lowest BCUT2D eigenvalue weighted by atomic mass is 10.2. The molecule has 0 bridgehead atoms. The van der Waals surface area contributed by atoms with Crippen molar-refractivity contribution in [3.8, 4) is 5.75 Å². The molecule has 5 heteroatoms. The summed E-state index contributed by atoms with van der Waals surface area (Å²) in [7, 11) is 1.60. The van der Waals surface area contributed by atoms with Gasteiger partial charge in [-0.1, -0.05) is 29.8 Å². The van der Waals surface area contributed by atoms with Crippen LogP contribution in [0.5, 0.6) is 5.75 Å². The molecular formula is C13H18ClN3O. The van der Waals surface area contributed by atoms with Gasteiger partial charge in [-0.3, -0.25) is 0 Å². The zero-order valence-corrected chi connectivity index (χ0v) is 11.4. The van der Waals surface area contributed by atoms with Crippen LogP contribution in [0.25, 0.3) is 0 Å². The Morgan fingerprint density at radius 3 is 2.89 bits per heavy atom. The van der Waals surface area contributed by atoms with E-state index < -0.39 is 0 Å². The van der Waals surface area contributed by atoms with E-state index in [2.05, 4.69) is 16.9 Å². The molecule has 18 heavy (non-hydrogen) atoms. The summed E-state index contributed by atoms with van der Waals surface area (Å²) in [5, 5.41) is 3.59. The normalized spacial score (nSPS) is 11.2. The summed E-state index contributed by atoms with van der Waals surface area (Å²) < 4.78 is 5.23. The molecule has 3 N–H and O–H groups in total. The number of nitrogens with zero attached hydrogens (tertiary/aromatic N) is 1. The van der Waals surface area contributed by atoms with Crippen molar-refractivity contribution in [2.75, 3.05) is 13.7 Å². The van der Waals surface area contributed by atoms with Crippen molar-refractivity contribution in [3.05, 3.63) is 40.9 Å². The predicted molar refractivity (Wildman–Crippen MR) is 76.1 cm³/mol. The molecule has 0 unspecified atom stereocenters. The molecule has 0 fully saturated rings. The number of ether oxygens (including phenoxy) is 1. The molecule has 0 aliphatic carbocycles. The fraction of sp³-hybridized carbons (Fsp3) is 0.308. The van der Waals surface area contributed by atoms with E-state index >= 15 is 0 Å². The Morgan fingerprint density at radius 1 is 1.56 bits per heavy atom. The zero-order valence-electron chi connectivity index (χ0n) is 10.7. The highest BCUT2D eigenvalue weighted by atomic mass is 35.5. The van der Waals surface area contributed by atoms with E-state index in [0.29, 0.717) is 29.8 Å².